The van der Waals surface area contributed by atoms with E-state index in [0.717, 1.165) is 0 Å². The number of hydrogen-bond acceptors (Lipinski definition) is 4. The minimum Gasteiger partial charge on any atom is -0.325 e. The number of urea groups is 1. The summed E-state index contributed by atoms with van der Waals surface area (Å²) in [4.78, 5) is 32.0. The van der Waals surface area contributed by atoms with Gasteiger partial charge in [0, 0.05) is 0 Å². The van der Waals surface area contributed by atoms with Crippen LogP contribution in [-0.4, -0.2) is 23.9 Å². The van der Waals surface area contributed by atoms with Gasteiger partial charge in [-0.15, -0.1) is 12.4 Å². The van der Waals surface area contributed by atoms with Crippen LogP contribution in [0.3, 0.4) is 0 Å². The molecular weight excluding hydrogens is 200 g/mol. The molecule has 0 aromatic carbocycles. The SMILES string of the molecule is Cl.NNC(=O)C[C@@H]1NC(=O)NC1=O. The smallest absolute Gasteiger partial charge is 0.322 e. The van der Waals surface area contributed by atoms with Gasteiger partial charge in [0.25, 0.3) is 5.91 Å². The van der Waals surface area contributed by atoms with E-state index < -0.39 is 23.9 Å². The van der Waals surface area contributed by atoms with Crippen LogP contribution in [0.25, 0.3) is 0 Å². The van der Waals surface area contributed by atoms with E-state index >= 15 is 0 Å². The van der Waals surface area contributed by atoms with Gasteiger partial charge >= 0.3 is 6.03 Å². The first-order chi connectivity index (χ1) is 5.63. The Kier molecular flexibility index (Phi) is 4.15. The number of nitrogens with one attached hydrogen (secondary N) is 3. The van der Waals surface area contributed by atoms with Crippen molar-refractivity contribution in [1.29, 1.82) is 0 Å². The van der Waals surface area contributed by atoms with Crippen LogP contribution in [0.4, 0.5) is 4.79 Å². The van der Waals surface area contributed by atoms with Gasteiger partial charge in [0.05, 0.1) is 6.42 Å². The van der Waals surface area contributed by atoms with E-state index in [1.54, 1.807) is 0 Å². The Morgan fingerprint density at radius 2 is 2.15 bits per heavy atom. The number of carbonyl (C=O) groups is 3. The molecule has 5 N–H and O–H groups in total. The molecule has 1 saturated heterocycles. The lowest BCUT2D eigenvalue weighted by Crippen LogP contribution is -2.38. The number of nitrogens with two attached hydrogens (primary N) is 1. The average Bonchev–Trinajstić information content (AvgIpc) is 2.30. The van der Waals surface area contributed by atoms with Crippen molar-refractivity contribution >= 4 is 30.3 Å². The first-order valence-corrected chi connectivity index (χ1v) is 3.24. The summed E-state index contributed by atoms with van der Waals surface area (Å²) in [7, 11) is 0. The molecule has 0 aliphatic carbocycles. The van der Waals surface area contributed by atoms with Gasteiger partial charge in [-0.1, -0.05) is 0 Å². The van der Waals surface area contributed by atoms with Crippen LogP contribution >= 0.6 is 12.4 Å². The molecule has 1 heterocycles. The first kappa shape index (κ1) is 11.7. The summed E-state index contributed by atoms with van der Waals surface area (Å²) < 4.78 is 0. The van der Waals surface area contributed by atoms with Crippen molar-refractivity contribution in [2.24, 2.45) is 5.84 Å². The van der Waals surface area contributed by atoms with Gasteiger partial charge in [-0.25, -0.2) is 10.6 Å². The molecule has 0 unspecified atom stereocenters. The number of rotatable bonds is 2. The number of hydrazine groups is 1. The van der Waals surface area contributed by atoms with E-state index in [0.29, 0.717) is 0 Å². The quantitative estimate of drug-likeness (QED) is 0.182. The maximum absolute atomic E-state index is 10.8. The summed E-state index contributed by atoms with van der Waals surface area (Å²) >= 11 is 0. The van der Waals surface area contributed by atoms with Crippen molar-refractivity contribution in [3.05, 3.63) is 0 Å². The summed E-state index contributed by atoms with van der Waals surface area (Å²) in [6.07, 6.45) is -0.145. The van der Waals surface area contributed by atoms with Crippen molar-refractivity contribution in [2.45, 2.75) is 12.5 Å². The Morgan fingerprint density at radius 3 is 2.54 bits per heavy atom. The Hall–Kier alpha value is -1.34. The topological polar surface area (TPSA) is 113 Å². The largest absolute Gasteiger partial charge is 0.325 e. The lowest BCUT2D eigenvalue weighted by Gasteiger charge is -2.03. The molecule has 8 heteroatoms. The van der Waals surface area contributed by atoms with Gasteiger partial charge in [-0.05, 0) is 0 Å². The van der Waals surface area contributed by atoms with Crippen LogP contribution in [0.1, 0.15) is 6.42 Å². The molecule has 0 spiro atoms. The molecule has 1 rings (SSSR count). The molecule has 0 radical (unpaired) electrons. The molecule has 1 atom stereocenters. The van der Waals surface area contributed by atoms with Gasteiger partial charge in [-0.3, -0.25) is 20.3 Å². The van der Waals surface area contributed by atoms with E-state index in [1.807, 2.05) is 10.7 Å². The van der Waals surface area contributed by atoms with E-state index in [2.05, 4.69) is 5.32 Å². The van der Waals surface area contributed by atoms with Crippen LogP contribution in [0, 0.1) is 0 Å². The highest BCUT2D eigenvalue weighted by atomic mass is 35.5. The fourth-order valence-electron chi connectivity index (χ4n) is 0.847. The van der Waals surface area contributed by atoms with Crippen molar-refractivity contribution in [1.82, 2.24) is 16.1 Å². The molecule has 1 aliphatic rings. The molecule has 74 valence electrons. The second-order valence-electron chi connectivity index (χ2n) is 2.29. The maximum atomic E-state index is 10.8. The monoisotopic (exact) mass is 208 g/mol. The second-order valence-corrected chi connectivity index (χ2v) is 2.29. The predicted molar refractivity (Wildman–Crippen MR) is 44.7 cm³/mol. The van der Waals surface area contributed by atoms with Crippen LogP contribution in [0.15, 0.2) is 0 Å². The van der Waals surface area contributed by atoms with Crippen molar-refractivity contribution in [2.75, 3.05) is 0 Å². The summed E-state index contributed by atoms with van der Waals surface area (Å²) in [5, 5.41) is 4.24. The Bertz CT molecular complexity index is 244. The van der Waals surface area contributed by atoms with Crippen molar-refractivity contribution < 1.29 is 14.4 Å². The fourth-order valence-corrected chi connectivity index (χ4v) is 0.847. The van der Waals surface area contributed by atoms with E-state index in [-0.39, 0.29) is 18.8 Å². The zero-order valence-electron chi connectivity index (χ0n) is 6.49. The van der Waals surface area contributed by atoms with Crippen LogP contribution in [0.2, 0.25) is 0 Å². The van der Waals surface area contributed by atoms with Crippen LogP contribution in [-0.2, 0) is 9.59 Å². The third-order valence-electron chi connectivity index (χ3n) is 1.41. The number of carbonyl (C=O) groups excluding carboxylic acids is 3. The summed E-state index contributed by atoms with van der Waals surface area (Å²) in [6.45, 7) is 0. The third kappa shape index (κ3) is 2.88. The molecule has 4 amide bonds. The molecule has 13 heavy (non-hydrogen) atoms. The van der Waals surface area contributed by atoms with Gasteiger partial charge in [0.2, 0.25) is 5.91 Å². The first-order valence-electron chi connectivity index (χ1n) is 3.24. The zero-order chi connectivity index (χ0) is 9.14. The Morgan fingerprint density at radius 1 is 1.54 bits per heavy atom. The van der Waals surface area contributed by atoms with E-state index in [1.165, 1.54) is 0 Å². The molecule has 0 aromatic heterocycles. The van der Waals surface area contributed by atoms with E-state index in [4.69, 9.17) is 5.84 Å². The number of imide groups is 1. The van der Waals surface area contributed by atoms with Crippen molar-refractivity contribution in [3.63, 3.8) is 0 Å². The van der Waals surface area contributed by atoms with Gasteiger partial charge in [0.1, 0.15) is 6.04 Å². The molecule has 1 fully saturated rings. The molecule has 1 aliphatic heterocycles. The minimum absolute atomic E-state index is 0. The fraction of sp³-hybridized carbons (Fsp3) is 0.400. The highest BCUT2D eigenvalue weighted by Gasteiger charge is 2.30. The third-order valence-corrected chi connectivity index (χ3v) is 1.41. The molecule has 0 aromatic rings. The molecular formula is C5H9ClN4O3. The zero-order valence-corrected chi connectivity index (χ0v) is 7.31. The predicted octanol–water partition coefficient (Wildman–Crippen LogP) is -2.00. The lowest BCUT2D eigenvalue weighted by molar-refractivity contribution is -0.126. The normalized spacial score (nSPS) is 19.9. The lowest BCUT2D eigenvalue weighted by atomic mass is 10.2. The summed E-state index contributed by atoms with van der Waals surface area (Å²) in [6, 6.07) is -1.39. The highest BCUT2D eigenvalue weighted by molar-refractivity contribution is 6.05. The van der Waals surface area contributed by atoms with Gasteiger partial charge < -0.3 is 5.32 Å². The summed E-state index contributed by atoms with van der Waals surface area (Å²) in [5.41, 5.74) is 1.86. The average molecular weight is 209 g/mol. The Balaban J connectivity index is 0.00000144. The maximum Gasteiger partial charge on any atom is 0.322 e. The summed E-state index contributed by atoms with van der Waals surface area (Å²) in [5.74, 6) is 3.77. The van der Waals surface area contributed by atoms with Gasteiger partial charge in [0.15, 0.2) is 0 Å². The van der Waals surface area contributed by atoms with Crippen LogP contribution < -0.4 is 21.9 Å². The van der Waals surface area contributed by atoms with E-state index in [9.17, 15) is 14.4 Å². The van der Waals surface area contributed by atoms with Crippen LogP contribution in [0.5, 0.6) is 0 Å². The number of hydrogen-bond donors (Lipinski definition) is 4. The highest BCUT2D eigenvalue weighted by Crippen LogP contribution is 1.97. The number of amides is 4. The Labute approximate surface area is 79.8 Å². The molecule has 0 saturated carbocycles. The number of halogens is 1. The standard InChI is InChI=1S/C5H8N4O3.ClH/c6-9-3(10)1-2-4(11)8-5(12)7-2;/h2H,1,6H2,(H,9,10)(H2,7,8,11,12);1H/t2-;/m0./s1. The minimum atomic E-state index is -0.805. The van der Waals surface area contributed by atoms with Gasteiger partial charge in [-0.2, -0.15) is 0 Å². The molecule has 0 bridgehead atoms. The van der Waals surface area contributed by atoms with Crippen molar-refractivity contribution in [3.8, 4) is 0 Å². The second kappa shape index (κ2) is 4.63. The molecule has 7 nitrogen and oxygen atoms in total.